The van der Waals surface area contributed by atoms with Gasteiger partial charge in [-0.05, 0) is 25.3 Å². The Morgan fingerprint density at radius 1 is 1.41 bits per heavy atom. The molecule has 1 saturated carbocycles. The van der Waals surface area contributed by atoms with Crippen LogP contribution in [0.3, 0.4) is 0 Å². The molecule has 1 fully saturated rings. The average Bonchev–Trinajstić information content (AvgIpc) is 3.12. The van der Waals surface area contributed by atoms with Crippen molar-refractivity contribution in [1.29, 1.82) is 0 Å². The van der Waals surface area contributed by atoms with Crippen LogP contribution in [0.5, 0.6) is 5.75 Å². The fourth-order valence-corrected chi connectivity index (χ4v) is 2.03. The highest BCUT2D eigenvalue weighted by Gasteiger charge is 2.33. The molecule has 2 atom stereocenters. The molecule has 2 N–H and O–H groups in total. The quantitative estimate of drug-likeness (QED) is 0.418. The van der Waals surface area contributed by atoms with Crippen molar-refractivity contribution in [3.05, 3.63) is 29.8 Å². The van der Waals surface area contributed by atoms with Gasteiger partial charge in [0, 0.05) is 18.2 Å². The van der Waals surface area contributed by atoms with E-state index in [9.17, 15) is 8.78 Å². The van der Waals surface area contributed by atoms with Crippen LogP contribution in [0.15, 0.2) is 29.3 Å². The number of rotatable bonds is 6. The maximum atomic E-state index is 12.4. The Balaban J connectivity index is 0.00000242. The Hall–Kier alpha value is -1.12. The molecule has 0 spiro atoms. The number of benzene rings is 1. The Morgan fingerprint density at radius 2 is 2.09 bits per heavy atom. The van der Waals surface area contributed by atoms with E-state index in [-0.39, 0.29) is 29.7 Å². The summed E-state index contributed by atoms with van der Waals surface area (Å²) in [6.07, 6.45) is 1.13. The van der Waals surface area contributed by atoms with E-state index in [2.05, 4.69) is 27.3 Å². The zero-order chi connectivity index (χ0) is 15.2. The SMILES string of the molecule is CCNC(=NCc1ccccc1OC(F)F)NC1CC1C.I. The number of nitrogens with zero attached hydrogens (tertiary/aromatic N) is 1. The second-order valence-electron chi connectivity index (χ2n) is 5.15. The lowest BCUT2D eigenvalue weighted by atomic mass is 10.2. The van der Waals surface area contributed by atoms with Crippen molar-refractivity contribution in [3.8, 4) is 5.75 Å². The summed E-state index contributed by atoms with van der Waals surface area (Å²) in [5.41, 5.74) is 0.638. The predicted molar refractivity (Wildman–Crippen MR) is 94.0 cm³/mol. The van der Waals surface area contributed by atoms with Crippen LogP contribution >= 0.6 is 24.0 Å². The fraction of sp³-hybridized carbons (Fsp3) is 0.533. The first-order valence-corrected chi connectivity index (χ1v) is 7.17. The second kappa shape index (κ2) is 9.12. The van der Waals surface area contributed by atoms with Crippen molar-refractivity contribution in [2.24, 2.45) is 10.9 Å². The molecule has 7 heteroatoms. The first-order valence-electron chi connectivity index (χ1n) is 7.17. The van der Waals surface area contributed by atoms with E-state index in [1.54, 1.807) is 18.2 Å². The predicted octanol–water partition coefficient (Wildman–Crippen LogP) is 3.37. The van der Waals surface area contributed by atoms with Crippen molar-refractivity contribution < 1.29 is 13.5 Å². The van der Waals surface area contributed by atoms with Crippen LogP contribution in [0.1, 0.15) is 25.8 Å². The van der Waals surface area contributed by atoms with Gasteiger partial charge in [0.05, 0.1) is 6.54 Å². The molecule has 0 radical (unpaired) electrons. The van der Waals surface area contributed by atoms with E-state index < -0.39 is 6.61 Å². The highest BCUT2D eigenvalue weighted by molar-refractivity contribution is 14.0. The monoisotopic (exact) mass is 425 g/mol. The normalized spacial score (nSPS) is 20.3. The molecule has 2 unspecified atom stereocenters. The summed E-state index contributed by atoms with van der Waals surface area (Å²) < 4.78 is 29.2. The number of hydrogen-bond donors (Lipinski definition) is 2. The minimum Gasteiger partial charge on any atom is -0.434 e. The molecule has 124 valence electrons. The zero-order valence-electron chi connectivity index (χ0n) is 12.7. The number of aliphatic imine (C=N–C) groups is 1. The van der Waals surface area contributed by atoms with Gasteiger partial charge in [0.25, 0.3) is 0 Å². The third-order valence-corrected chi connectivity index (χ3v) is 3.37. The second-order valence-corrected chi connectivity index (χ2v) is 5.15. The van der Waals surface area contributed by atoms with Crippen LogP contribution in [0, 0.1) is 5.92 Å². The molecular formula is C15H22F2IN3O. The fourth-order valence-electron chi connectivity index (χ4n) is 2.03. The molecule has 4 nitrogen and oxygen atoms in total. The number of ether oxygens (including phenoxy) is 1. The van der Waals surface area contributed by atoms with Crippen LogP contribution in [0.4, 0.5) is 8.78 Å². The summed E-state index contributed by atoms with van der Waals surface area (Å²) in [7, 11) is 0. The molecule has 0 heterocycles. The number of nitrogens with one attached hydrogen (secondary N) is 2. The van der Waals surface area contributed by atoms with Crippen LogP contribution in [-0.2, 0) is 6.54 Å². The van der Waals surface area contributed by atoms with Gasteiger partial charge < -0.3 is 15.4 Å². The van der Waals surface area contributed by atoms with Gasteiger partial charge >= 0.3 is 6.61 Å². The molecule has 1 aromatic carbocycles. The summed E-state index contributed by atoms with van der Waals surface area (Å²) in [6.45, 7) is 2.38. The van der Waals surface area contributed by atoms with E-state index in [1.165, 1.54) is 6.07 Å². The lowest BCUT2D eigenvalue weighted by Gasteiger charge is -2.12. The Labute approximate surface area is 146 Å². The molecular weight excluding hydrogens is 403 g/mol. The zero-order valence-corrected chi connectivity index (χ0v) is 15.0. The molecule has 0 amide bonds. The van der Waals surface area contributed by atoms with Gasteiger partial charge in [-0.15, -0.1) is 24.0 Å². The summed E-state index contributed by atoms with van der Waals surface area (Å²) in [4.78, 5) is 4.44. The number of guanidine groups is 1. The molecule has 2 rings (SSSR count). The standard InChI is InChI=1S/C15H21F2N3O.HI/c1-3-18-15(20-12-8-10(12)2)19-9-11-6-4-5-7-13(11)21-14(16)17;/h4-7,10,12,14H,3,8-9H2,1-2H3,(H2,18,19,20);1H. The largest absolute Gasteiger partial charge is 0.434 e. The van der Waals surface area contributed by atoms with E-state index in [0.29, 0.717) is 30.0 Å². The summed E-state index contributed by atoms with van der Waals surface area (Å²) >= 11 is 0. The number of halogens is 3. The lowest BCUT2D eigenvalue weighted by molar-refractivity contribution is -0.0504. The van der Waals surface area contributed by atoms with E-state index in [0.717, 1.165) is 13.0 Å². The topological polar surface area (TPSA) is 45.7 Å². The van der Waals surface area contributed by atoms with Gasteiger partial charge in [-0.25, -0.2) is 4.99 Å². The van der Waals surface area contributed by atoms with Crippen molar-refractivity contribution in [2.45, 2.75) is 39.5 Å². The summed E-state index contributed by atoms with van der Waals surface area (Å²) in [6, 6.07) is 7.17. The Morgan fingerprint density at radius 3 is 2.68 bits per heavy atom. The van der Waals surface area contributed by atoms with Gasteiger partial charge in [0.2, 0.25) is 0 Å². The molecule has 1 aliphatic carbocycles. The van der Waals surface area contributed by atoms with Crippen molar-refractivity contribution in [3.63, 3.8) is 0 Å². The molecule has 0 saturated heterocycles. The van der Waals surface area contributed by atoms with Crippen molar-refractivity contribution >= 4 is 29.9 Å². The number of alkyl halides is 2. The molecule has 1 aromatic rings. The van der Waals surface area contributed by atoms with Gasteiger partial charge in [0.15, 0.2) is 5.96 Å². The Kier molecular flexibility index (Phi) is 7.84. The van der Waals surface area contributed by atoms with Crippen molar-refractivity contribution in [1.82, 2.24) is 10.6 Å². The third kappa shape index (κ3) is 5.94. The van der Waals surface area contributed by atoms with E-state index in [4.69, 9.17) is 0 Å². The first-order chi connectivity index (χ1) is 10.1. The molecule has 22 heavy (non-hydrogen) atoms. The third-order valence-electron chi connectivity index (χ3n) is 3.37. The Bertz CT molecular complexity index is 499. The summed E-state index contributed by atoms with van der Waals surface area (Å²) in [5, 5.41) is 6.48. The first kappa shape index (κ1) is 18.9. The highest BCUT2D eigenvalue weighted by atomic mass is 127. The van der Waals surface area contributed by atoms with Crippen molar-refractivity contribution in [2.75, 3.05) is 6.54 Å². The van der Waals surface area contributed by atoms with Gasteiger partial charge in [-0.2, -0.15) is 8.78 Å². The van der Waals surface area contributed by atoms with Crippen LogP contribution in [0.2, 0.25) is 0 Å². The molecule has 0 aromatic heterocycles. The number of hydrogen-bond acceptors (Lipinski definition) is 2. The van der Waals surface area contributed by atoms with Gasteiger partial charge in [-0.3, -0.25) is 0 Å². The highest BCUT2D eigenvalue weighted by Crippen LogP contribution is 2.28. The summed E-state index contributed by atoms with van der Waals surface area (Å²) in [5.74, 6) is 1.54. The van der Waals surface area contributed by atoms with E-state index in [1.807, 2.05) is 6.92 Å². The molecule has 1 aliphatic rings. The van der Waals surface area contributed by atoms with Gasteiger partial charge in [0.1, 0.15) is 5.75 Å². The number of para-hydroxylation sites is 1. The lowest BCUT2D eigenvalue weighted by Crippen LogP contribution is -2.39. The average molecular weight is 425 g/mol. The maximum Gasteiger partial charge on any atom is 0.387 e. The van der Waals surface area contributed by atoms with Gasteiger partial charge in [-0.1, -0.05) is 25.1 Å². The maximum absolute atomic E-state index is 12.4. The van der Waals surface area contributed by atoms with Crippen LogP contribution in [0.25, 0.3) is 0 Å². The molecule has 0 aliphatic heterocycles. The molecule has 0 bridgehead atoms. The smallest absolute Gasteiger partial charge is 0.387 e. The minimum absolute atomic E-state index is 0. The van der Waals surface area contributed by atoms with Crippen LogP contribution in [-0.4, -0.2) is 25.2 Å². The van der Waals surface area contributed by atoms with Crippen LogP contribution < -0.4 is 15.4 Å². The minimum atomic E-state index is -2.83. The van der Waals surface area contributed by atoms with E-state index >= 15 is 0 Å².